The standard InChI is InChI=1S/C8H16N2.C2H6/c1-7(2)6-8(3)10(5)9-4;1-2/h6,9H,1H2,2-5H3;1-2H3/b8-6-;. The number of allylic oxidation sites excluding steroid dienone is 3. The number of hydrogen-bond acceptors (Lipinski definition) is 2. The van der Waals surface area contributed by atoms with Crippen LogP contribution in [0.15, 0.2) is 23.9 Å². The van der Waals surface area contributed by atoms with E-state index in [2.05, 4.69) is 12.0 Å². The largest absolute Gasteiger partial charge is 0.316 e. The maximum absolute atomic E-state index is 3.78. The Morgan fingerprint density at radius 2 is 1.75 bits per heavy atom. The van der Waals surface area contributed by atoms with Crippen LogP contribution in [0.5, 0.6) is 0 Å². The van der Waals surface area contributed by atoms with Crippen molar-refractivity contribution in [1.29, 1.82) is 0 Å². The Labute approximate surface area is 76.9 Å². The molecule has 1 N–H and O–H groups in total. The lowest BCUT2D eigenvalue weighted by molar-refractivity contribution is 0.333. The molecule has 72 valence electrons. The van der Waals surface area contributed by atoms with Gasteiger partial charge in [-0.15, -0.1) is 0 Å². The van der Waals surface area contributed by atoms with Crippen molar-refractivity contribution >= 4 is 0 Å². The Hall–Kier alpha value is -0.760. The van der Waals surface area contributed by atoms with Gasteiger partial charge in [0.25, 0.3) is 0 Å². The van der Waals surface area contributed by atoms with E-state index in [-0.39, 0.29) is 0 Å². The summed E-state index contributed by atoms with van der Waals surface area (Å²) in [6, 6.07) is 0. The molecule has 0 spiro atoms. The van der Waals surface area contributed by atoms with Crippen LogP contribution in [0.1, 0.15) is 27.7 Å². The molecule has 0 fully saturated rings. The normalized spacial score (nSPS) is 10.0. The van der Waals surface area contributed by atoms with E-state index in [0.29, 0.717) is 0 Å². The Balaban J connectivity index is 0. The second-order valence-corrected chi connectivity index (χ2v) is 2.41. The average Bonchev–Trinajstić information content (AvgIpc) is 2.05. The third-order valence-corrected chi connectivity index (χ3v) is 1.32. The molecule has 12 heavy (non-hydrogen) atoms. The maximum Gasteiger partial charge on any atom is 0.0261 e. The Kier molecular flexibility index (Phi) is 9.59. The van der Waals surface area contributed by atoms with Crippen LogP contribution in [0.4, 0.5) is 0 Å². The molecular weight excluding hydrogens is 148 g/mol. The lowest BCUT2D eigenvalue weighted by Crippen LogP contribution is -2.28. The van der Waals surface area contributed by atoms with Gasteiger partial charge >= 0.3 is 0 Å². The van der Waals surface area contributed by atoms with Crippen LogP contribution >= 0.6 is 0 Å². The van der Waals surface area contributed by atoms with Gasteiger partial charge in [-0.1, -0.05) is 26.0 Å². The first-order valence-corrected chi connectivity index (χ1v) is 4.33. The summed E-state index contributed by atoms with van der Waals surface area (Å²) in [5.41, 5.74) is 5.23. The first-order chi connectivity index (χ1) is 5.57. The van der Waals surface area contributed by atoms with Crippen molar-refractivity contribution in [2.45, 2.75) is 27.7 Å². The first kappa shape index (κ1) is 13.8. The van der Waals surface area contributed by atoms with Crippen molar-refractivity contribution in [2.75, 3.05) is 14.1 Å². The fourth-order valence-electron chi connectivity index (χ4n) is 0.630. The minimum Gasteiger partial charge on any atom is -0.316 e. The second kappa shape index (κ2) is 8.34. The van der Waals surface area contributed by atoms with Crippen molar-refractivity contribution < 1.29 is 0 Å². The quantitative estimate of drug-likeness (QED) is 0.517. The summed E-state index contributed by atoms with van der Waals surface area (Å²) in [5.74, 6) is 0. The summed E-state index contributed by atoms with van der Waals surface area (Å²) in [7, 11) is 3.85. The van der Waals surface area contributed by atoms with Crippen molar-refractivity contribution in [2.24, 2.45) is 0 Å². The van der Waals surface area contributed by atoms with E-state index in [1.165, 1.54) is 0 Å². The van der Waals surface area contributed by atoms with Crippen LogP contribution in [0.2, 0.25) is 0 Å². The molecule has 0 saturated carbocycles. The highest BCUT2D eigenvalue weighted by atomic mass is 15.5. The minimum atomic E-state index is 1.07. The van der Waals surface area contributed by atoms with E-state index < -0.39 is 0 Å². The van der Waals surface area contributed by atoms with Crippen LogP contribution in [0.25, 0.3) is 0 Å². The average molecular weight is 170 g/mol. The number of hydrazine groups is 1. The van der Waals surface area contributed by atoms with Gasteiger partial charge in [-0.05, 0) is 19.9 Å². The monoisotopic (exact) mass is 170 g/mol. The second-order valence-electron chi connectivity index (χ2n) is 2.41. The molecule has 0 radical (unpaired) electrons. The highest BCUT2D eigenvalue weighted by Gasteiger charge is 1.92. The maximum atomic E-state index is 3.78. The molecule has 0 saturated heterocycles. The highest BCUT2D eigenvalue weighted by molar-refractivity contribution is 5.15. The summed E-state index contributed by atoms with van der Waals surface area (Å²) in [6.07, 6.45) is 2.02. The Morgan fingerprint density at radius 1 is 1.33 bits per heavy atom. The van der Waals surface area contributed by atoms with Gasteiger partial charge in [0.05, 0.1) is 0 Å². The fourth-order valence-corrected chi connectivity index (χ4v) is 0.630. The van der Waals surface area contributed by atoms with Gasteiger partial charge in [0, 0.05) is 19.8 Å². The van der Waals surface area contributed by atoms with Gasteiger partial charge in [0.1, 0.15) is 0 Å². The van der Waals surface area contributed by atoms with E-state index in [4.69, 9.17) is 0 Å². The van der Waals surface area contributed by atoms with Crippen molar-refractivity contribution in [1.82, 2.24) is 10.4 Å². The molecule has 0 aliphatic carbocycles. The fraction of sp³-hybridized carbons (Fsp3) is 0.600. The predicted molar refractivity (Wildman–Crippen MR) is 56.7 cm³/mol. The van der Waals surface area contributed by atoms with Crippen LogP contribution < -0.4 is 5.43 Å². The summed E-state index contributed by atoms with van der Waals surface area (Å²) in [4.78, 5) is 0. The van der Waals surface area contributed by atoms with Crippen LogP contribution in [0, 0.1) is 0 Å². The third-order valence-electron chi connectivity index (χ3n) is 1.32. The summed E-state index contributed by atoms with van der Waals surface area (Å²) < 4.78 is 0. The lowest BCUT2D eigenvalue weighted by atomic mass is 10.3. The molecule has 2 nitrogen and oxygen atoms in total. The van der Waals surface area contributed by atoms with Gasteiger partial charge in [0.15, 0.2) is 0 Å². The smallest absolute Gasteiger partial charge is 0.0261 e. The number of rotatable bonds is 3. The predicted octanol–water partition coefficient (Wildman–Crippen LogP) is 2.56. The number of nitrogens with one attached hydrogen (secondary N) is 1. The summed E-state index contributed by atoms with van der Waals surface area (Å²) >= 11 is 0. The van der Waals surface area contributed by atoms with Crippen LogP contribution in [0.3, 0.4) is 0 Å². The minimum absolute atomic E-state index is 1.07. The molecule has 0 aromatic heterocycles. The lowest BCUT2D eigenvalue weighted by Gasteiger charge is -2.17. The molecule has 0 rings (SSSR count). The zero-order chi connectivity index (χ0) is 10.1. The third kappa shape index (κ3) is 7.35. The van der Waals surface area contributed by atoms with E-state index in [1.54, 1.807) is 0 Å². The number of nitrogens with zero attached hydrogens (tertiary/aromatic N) is 1. The molecule has 0 aromatic carbocycles. The molecule has 0 unspecified atom stereocenters. The van der Waals surface area contributed by atoms with Gasteiger partial charge in [-0.2, -0.15) is 0 Å². The van der Waals surface area contributed by atoms with Gasteiger partial charge in [0.2, 0.25) is 0 Å². The molecule has 0 bridgehead atoms. The molecule has 0 aliphatic heterocycles. The van der Waals surface area contributed by atoms with Crippen molar-refractivity contribution in [3.05, 3.63) is 23.9 Å². The van der Waals surface area contributed by atoms with E-state index in [9.17, 15) is 0 Å². The Bertz CT molecular complexity index is 148. The topological polar surface area (TPSA) is 15.3 Å². The number of hydrogen-bond donors (Lipinski definition) is 1. The highest BCUT2D eigenvalue weighted by Crippen LogP contribution is 2.00. The van der Waals surface area contributed by atoms with Crippen molar-refractivity contribution in [3.8, 4) is 0 Å². The SMILES string of the molecule is C=C(C)/C=C(/C)N(C)NC.CC. The van der Waals surface area contributed by atoms with Crippen LogP contribution in [-0.2, 0) is 0 Å². The van der Waals surface area contributed by atoms with Gasteiger partial charge < -0.3 is 5.01 Å². The molecule has 0 aromatic rings. The molecular formula is C10H22N2. The van der Waals surface area contributed by atoms with Gasteiger partial charge in [-0.3, -0.25) is 0 Å². The molecule has 0 heterocycles. The zero-order valence-electron chi connectivity index (χ0n) is 9.23. The van der Waals surface area contributed by atoms with Crippen molar-refractivity contribution in [3.63, 3.8) is 0 Å². The van der Waals surface area contributed by atoms with Gasteiger partial charge in [-0.25, -0.2) is 5.43 Å². The summed E-state index contributed by atoms with van der Waals surface area (Å²) in [5, 5.41) is 1.94. The Morgan fingerprint density at radius 3 is 2.00 bits per heavy atom. The van der Waals surface area contributed by atoms with E-state index >= 15 is 0 Å². The summed E-state index contributed by atoms with van der Waals surface area (Å²) in [6.45, 7) is 11.8. The molecule has 0 amide bonds. The molecule has 0 atom stereocenters. The zero-order valence-corrected chi connectivity index (χ0v) is 9.23. The molecule has 2 heteroatoms. The van der Waals surface area contributed by atoms with E-state index in [1.807, 2.05) is 52.9 Å². The van der Waals surface area contributed by atoms with E-state index in [0.717, 1.165) is 11.3 Å². The first-order valence-electron chi connectivity index (χ1n) is 4.33. The van der Waals surface area contributed by atoms with Crippen LogP contribution in [-0.4, -0.2) is 19.1 Å². The molecule has 0 aliphatic rings.